The van der Waals surface area contributed by atoms with Gasteiger partial charge in [0.2, 0.25) is 0 Å². The lowest BCUT2D eigenvalue weighted by molar-refractivity contribution is -0.237. The van der Waals surface area contributed by atoms with E-state index in [4.69, 9.17) is 5.73 Å². The van der Waals surface area contributed by atoms with Gasteiger partial charge in [-0.05, 0) is 19.1 Å². The van der Waals surface area contributed by atoms with Crippen molar-refractivity contribution in [3.05, 3.63) is 24.0 Å². The molecule has 0 fully saturated rings. The Morgan fingerprint density at radius 2 is 2.46 bits per heavy atom. The van der Waals surface area contributed by atoms with E-state index in [1.807, 2.05) is 0 Å². The van der Waals surface area contributed by atoms with Crippen LogP contribution in [0.1, 0.15) is 17.4 Å². The van der Waals surface area contributed by atoms with E-state index in [2.05, 4.69) is 14.8 Å². The molecule has 1 aromatic rings. The third-order valence-electron chi connectivity index (χ3n) is 1.28. The first-order valence-electron chi connectivity index (χ1n) is 3.80. The summed E-state index contributed by atoms with van der Waals surface area (Å²) in [7, 11) is 0. The molecule has 0 atom stereocenters. The number of nitrogens with zero attached hydrogens (tertiary/aromatic N) is 1. The monoisotopic (exact) mass is 182 g/mol. The lowest BCUT2D eigenvalue weighted by atomic mass is 10.3. The Hall–Kier alpha value is -1.62. The molecule has 0 spiro atoms. The molecule has 2 N–H and O–H groups in total. The number of aromatic nitrogens is 1. The van der Waals surface area contributed by atoms with Gasteiger partial charge < -0.3 is 5.73 Å². The number of carbonyl (C=O) groups excluding carboxylic acids is 1. The summed E-state index contributed by atoms with van der Waals surface area (Å²) >= 11 is 0. The summed E-state index contributed by atoms with van der Waals surface area (Å²) in [6.07, 6.45) is 1.46. The second kappa shape index (κ2) is 4.42. The van der Waals surface area contributed by atoms with Crippen LogP contribution in [0.15, 0.2) is 18.3 Å². The maximum atomic E-state index is 11.1. The van der Waals surface area contributed by atoms with Gasteiger partial charge in [-0.2, -0.15) is 4.89 Å². The number of pyridine rings is 1. The van der Waals surface area contributed by atoms with Crippen molar-refractivity contribution in [3.8, 4) is 0 Å². The van der Waals surface area contributed by atoms with Gasteiger partial charge >= 0.3 is 5.97 Å². The van der Waals surface area contributed by atoms with Crippen LogP contribution in [0.2, 0.25) is 0 Å². The summed E-state index contributed by atoms with van der Waals surface area (Å²) < 4.78 is 0. The Balaban J connectivity index is 2.71. The van der Waals surface area contributed by atoms with Crippen LogP contribution in [-0.2, 0) is 9.78 Å². The maximum absolute atomic E-state index is 11.1. The lowest BCUT2D eigenvalue weighted by Gasteiger charge is -2.02. The Bertz CT molecular complexity index is 301. The Kier molecular flexibility index (Phi) is 3.22. The van der Waals surface area contributed by atoms with E-state index in [1.54, 1.807) is 19.1 Å². The first-order chi connectivity index (χ1) is 6.25. The van der Waals surface area contributed by atoms with E-state index < -0.39 is 5.97 Å². The fourth-order valence-corrected chi connectivity index (χ4v) is 0.740. The number of carbonyl (C=O) groups is 1. The van der Waals surface area contributed by atoms with Crippen LogP contribution in [0, 0.1) is 0 Å². The van der Waals surface area contributed by atoms with Gasteiger partial charge in [0.15, 0.2) is 5.69 Å². The number of rotatable bonds is 3. The zero-order chi connectivity index (χ0) is 9.68. The molecule has 13 heavy (non-hydrogen) atoms. The minimum absolute atomic E-state index is 0.0657. The van der Waals surface area contributed by atoms with Gasteiger partial charge in [0.1, 0.15) is 0 Å². The van der Waals surface area contributed by atoms with Crippen LogP contribution < -0.4 is 5.73 Å². The summed E-state index contributed by atoms with van der Waals surface area (Å²) in [5.41, 5.74) is 5.81. The van der Waals surface area contributed by atoms with E-state index in [-0.39, 0.29) is 11.4 Å². The predicted molar refractivity (Wildman–Crippen MR) is 45.7 cm³/mol. The number of anilines is 1. The smallest absolute Gasteiger partial charge is 0.393 e. The van der Waals surface area contributed by atoms with E-state index >= 15 is 0 Å². The Labute approximate surface area is 75.4 Å². The number of hydrogen-bond acceptors (Lipinski definition) is 5. The zero-order valence-corrected chi connectivity index (χ0v) is 7.19. The summed E-state index contributed by atoms with van der Waals surface area (Å²) in [4.78, 5) is 23.7. The summed E-state index contributed by atoms with van der Waals surface area (Å²) in [5, 5.41) is 0. The molecule has 0 aromatic carbocycles. The van der Waals surface area contributed by atoms with Crippen LogP contribution in [0.25, 0.3) is 0 Å². The Morgan fingerprint density at radius 1 is 1.69 bits per heavy atom. The van der Waals surface area contributed by atoms with Gasteiger partial charge in [-0.1, -0.05) is 0 Å². The fourth-order valence-electron chi connectivity index (χ4n) is 0.740. The van der Waals surface area contributed by atoms with Crippen LogP contribution in [0.4, 0.5) is 5.69 Å². The van der Waals surface area contributed by atoms with Crippen molar-refractivity contribution < 1.29 is 14.6 Å². The van der Waals surface area contributed by atoms with E-state index in [0.29, 0.717) is 6.61 Å². The topological polar surface area (TPSA) is 74.4 Å². The Morgan fingerprint density at radius 3 is 3.08 bits per heavy atom. The molecule has 0 unspecified atom stereocenters. The van der Waals surface area contributed by atoms with Gasteiger partial charge in [0.25, 0.3) is 0 Å². The van der Waals surface area contributed by atoms with E-state index in [0.717, 1.165) is 0 Å². The zero-order valence-electron chi connectivity index (χ0n) is 7.19. The van der Waals surface area contributed by atoms with Gasteiger partial charge in [0, 0.05) is 6.20 Å². The molecule has 1 rings (SSSR count). The normalized spacial score (nSPS) is 9.62. The largest absolute Gasteiger partial charge is 0.397 e. The average molecular weight is 182 g/mol. The van der Waals surface area contributed by atoms with Crippen molar-refractivity contribution in [2.45, 2.75) is 6.92 Å². The third kappa shape index (κ3) is 2.41. The molecule has 1 aromatic heterocycles. The van der Waals surface area contributed by atoms with Crippen molar-refractivity contribution >= 4 is 11.7 Å². The standard InChI is InChI=1S/C8H10N2O3/c1-2-12-13-8(11)7-6(9)4-3-5-10-7/h3-5H,2,9H2,1H3. The first-order valence-corrected chi connectivity index (χ1v) is 3.80. The van der Waals surface area contributed by atoms with E-state index in [9.17, 15) is 4.79 Å². The highest BCUT2D eigenvalue weighted by Gasteiger charge is 2.12. The molecule has 0 aliphatic carbocycles. The molecule has 0 amide bonds. The molecular formula is C8H10N2O3. The predicted octanol–water partition coefficient (Wildman–Crippen LogP) is 0.772. The summed E-state index contributed by atoms with van der Waals surface area (Å²) in [6, 6.07) is 3.20. The highest BCUT2D eigenvalue weighted by Crippen LogP contribution is 2.08. The van der Waals surface area contributed by atoms with Gasteiger partial charge in [-0.3, -0.25) is 4.89 Å². The number of nitrogens with two attached hydrogens (primary N) is 1. The molecule has 5 heteroatoms. The van der Waals surface area contributed by atoms with Crippen molar-refractivity contribution in [2.75, 3.05) is 12.3 Å². The second-order valence-corrected chi connectivity index (χ2v) is 2.22. The molecule has 0 saturated carbocycles. The molecule has 0 aliphatic heterocycles. The first kappa shape index (κ1) is 9.47. The quantitative estimate of drug-likeness (QED) is 0.552. The highest BCUT2D eigenvalue weighted by atomic mass is 17.2. The second-order valence-electron chi connectivity index (χ2n) is 2.22. The van der Waals surface area contributed by atoms with Gasteiger partial charge in [-0.25, -0.2) is 9.78 Å². The lowest BCUT2D eigenvalue weighted by Crippen LogP contribution is -2.10. The summed E-state index contributed by atoms with van der Waals surface area (Å²) in [5.74, 6) is -0.681. The van der Waals surface area contributed by atoms with Crippen LogP contribution in [-0.4, -0.2) is 17.6 Å². The van der Waals surface area contributed by atoms with Crippen molar-refractivity contribution in [1.29, 1.82) is 0 Å². The molecule has 0 aliphatic rings. The van der Waals surface area contributed by atoms with Crippen molar-refractivity contribution in [1.82, 2.24) is 4.98 Å². The van der Waals surface area contributed by atoms with E-state index in [1.165, 1.54) is 6.20 Å². The maximum Gasteiger partial charge on any atom is 0.393 e. The molecule has 0 saturated heterocycles. The number of nitrogen functional groups attached to an aromatic ring is 1. The third-order valence-corrected chi connectivity index (χ3v) is 1.28. The van der Waals surface area contributed by atoms with Crippen molar-refractivity contribution in [3.63, 3.8) is 0 Å². The average Bonchev–Trinajstić information content (AvgIpc) is 2.15. The molecule has 1 heterocycles. The molecule has 0 radical (unpaired) electrons. The molecule has 70 valence electrons. The van der Waals surface area contributed by atoms with Gasteiger partial charge in [-0.15, -0.1) is 0 Å². The van der Waals surface area contributed by atoms with Crippen LogP contribution >= 0.6 is 0 Å². The molecule has 5 nitrogen and oxygen atoms in total. The van der Waals surface area contributed by atoms with Crippen molar-refractivity contribution in [2.24, 2.45) is 0 Å². The minimum atomic E-state index is -0.681. The highest BCUT2D eigenvalue weighted by molar-refractivity contribution is 5.92. The SMILES string of the molecule is CCOOC(=O)c1ncccc1N. The molecule has 0 bridgehead atoms. The molecular weight excluding hydrogens is 172 g/mol. The van der Waals surface area contributed by atoms with Gasteiger partial charge in [0.05, 0.1) is 12.3 Å². The van der Waals surface area contributed by atoms with Crippen LogP contribution in [0.3, 0.4) is 0 Å². The summed E-state index contributed by atoms with van der Waals surface area (Å²) in [6.45, 7) is 1.99. The minimum Gasteiger partial charge on any atom is -0.397 e. The fraction of sp³-hybridized carbons (Fsp3) is 0.250. The number of hydrogen-bond donors (Lipinski definition) is 1. The van der Waals surface area contributed by atoms with Crippen LogP contribution in [0.5, 0.6) is 0 Å².